The molecule has 2 aliphatic heterocycles. The lowest BCUT2D eigenvalue weighted by atomic mass is 9.89. The minimum atomic E-state index is -0.319. The van der Waals surface area contributed by atoms with Crippen LogP contribution in [0.3, 0.4) is 0 Å². The first-order valence-corrected chi connectivity index (χ1v) is 7.46. The van der Waals surface area contributed by atoms with Crippen LogP contribution < -0.4 is 0 Å². The summed E-state index contributed by atoms with van der Waals surface area (Å²) < 4.78 is 7.39. The van der Waals surface area contributed by atoms with Gasteiger partial charge in [-0.3, -0.25) is 9.59 Å². The SMILES string of the molecule is CC(=O)N1CCC2(CC1)CN(C(=O)Cn1cnnn1)CCO2. The van der Waals surface area contributed by atoms with Gasteiger partial charge in [0.1, 0.15) is 12.9 Å². The van der Waals surface area contributed by atoms with Crippen LogP contribution >= 0.6 is 0 Å². The van der Waals surface area contributed by atoms with Crippen LogP contribution in [0.25, 0.3) is 0 Å². The normalized spacial score (nSPS) is 21.1. The first-order valence-electron chi connectivity index (χ1n) is 7.46. The molecule has 0 N–H and O–H groups in total. The van der Waals surface area contributed by atoms with E-state index in [-0.39, 0.29) is 24.0 Å². The van der Waals surface area contributed by atoms with Crippen LogP contribution in [-0.2, 0) is 20.9 Å². The quantitative estimate of drug-likeness (QED) is 0.689. The van der Waals surface area contributed by atoms with Gasteiger partial charge in [0.05, 0.1) is 12.2 Å². The minimum absolute atomic E-state index is 0.0102. The number of likely N-dealkylation sites (tertiary alicyclic amines) is 1. The van der Waals surface area contributed by atoms with E-state index in [0.717, 1.165) is 12.8 Å². The van der Waals surface area contributed by atoms with Gasteiger partial charge in [0.25, 0.3) is 0 Å². The van der Waals surface area contributed by atoms with Crippen molar-refractivity contribution in [3.8, 4) is 0 Å². The van der Waals surface area contributed by atoms with E-state index in [4.69, 9.17) is 4.74 Å². The Morgan fingerprint density at radius 2 is 2.00 bits per heavy atom. The van der Waals surface area contributed by atoms with Crippen LogP contribution in [-0.4, -0.2) is 80.2 Å². The number of hydrogen-bond donors (Lipinski definition) is 0. The summed E-state index contributed by atoms with van der Waals surface area (Å²) >= 11 is 0. The number of amides is 2. The number of aromatic nitrogens is 4. The predicted octanol–water partition coefficient (Wildman–Crippen LogP) is -1.09. The molecular formula is C13H20N6O3. The lowest BCUT2D eigenvalue weighted by Crippen LogP contribution is -2.58. The lowest BCUT2D eigenvalue weighted by Gasteiger charge is -2.47. The van der Waals surface area contributed by atoms with Crippen molar-refractivity contribution in [3.63, 3.8) is 0 Å². The molecule has 2 fully saturated rings. The highest BCUT2D eigenvalue weighted by atomic mass is 16.5. The molecule has 0 unspecified atom stereocenters. The molecule has 1 spiro atoms. The Kier molecular flexibility index (Phi) is 4.06. The third kappa shape index (κ3) is 3.08. The van der Waals surface area contributed by atoms with Crippen LogP contribution in [0.5, 0.6) is 0 Å². The summed E-state index contributed by atoms with van der Waals surface area (Å²) in [5, 5.41) is 10.8. The van der Waals surface area contributed by atoms with Crippen molar-refractivity contribution in [2.75, 3.05) is 32.8 Å². The van der Waals surface area contributed by atoms with E-state index in [1.54, 1.807) is 6.92 Å². The number of carbonyl (C=O) groups excluding carboxylic acids is 2. The highest BCUT2D eigenvalue weighted by Crippen LogP contribution is 2.30. The molecule has 2 amide bonds. The number of hydrogen-bond acceptors (Lipinski definition) is 6. The molecule has 22 heavy (non-hydrogen) atoms. The molecular weight excluding hydrogens is 288 g/mol. The van der Waals surface area contributed by atoms with Gasteiger partial charge in [0.2, 0.25) is 11.8 Å². The fraction of sp³-hybridized carbons (Fsp3) is 0.769. The summed E-state index contributed by atoms with van der Waals surface area (Å²) in [6.07, 6.45) is 2.96. The van der Waals surface area contributed by atoms with Crippen LogP contribution in [0.15, 0.2) is 6.33 Å². The summed E-state index contributed by atoms with van der Waals surface area (Å²) in [6.45, 7) is 4.78. The van der Waals surface area contributed by atoms with E-state index in [1.807, 2.05) is 9.80 Å². The maximum Gasteiger partial charge on any atom is 0.244 e. The van der Waals surface area contributed by atoms with E-state index in [1.165, 1.54) is 11.0 Å². The van der Waals surface area contributed by atoms with E-state index in [2.05, 4.69) is 15.5 Å². The first kappa shape index (κ1) is 14.9. The average molecular weight is 308 g/mol. The molecule has 2 aliphatic rings. The van der Waals surface area contributed by atoms with Gasteiger partial charge in [0.15, 0.2) is 0 Å². The topological polar surface area (TPSA) is 93.5 Å². The Labute approximate surface area is 128 Å². The van der Waals surface area contributed by atoms with Gasteiger partial charge < -0.3 is 14.5 Å². The van der Waals surface area contributed by atoms with Gasteiger partial charge in [-0.1, -0.05) is 0 Å². The van der Waals surface area contributed by atoms with E-state index in [0.29, 0.717) is 32.8 Å². The third-order valence-electron chi connectivity index (χ3n) is 4.41. The Balaban J connectivity index is 1.59. The molecule has 9 nitrogen and oxygen atoms in total. The zero-order valence-electron chi connectivity index (χ0n) is 12.6. The Morgan fingerprint density at radius 1 is 1.23 bits per heavy atom. The highest BCUT2D eigenvalue weighted by Gasteiger charge is 2.41. The van der Waals surface area contributed by atoms with Crippen LogP contribution in [0.4, 0.5) is 0 Å². The Morgan fingerprint density at radius 3 is 2.64 bits per heavy atom. The van der Waals surface area contributed by atoms with Crippen LogP contribution in [0.1, 0.15) is 19.8 Å². The van der Waals surface area contributed by atoms with Crippen molar-refractivity contribution >= 4 is 11.8 Å². The zero-order valence-corrected chi connectivity index (χ0v) is 12.6. The van der Waals surface area contributed by atoms with Gasteiger partial charge in [-0.2, -0.15) is 0 Å². The number of tetrazole rings is 1. The molecule has 2 saturated heterocycles. The van der Waals surface area contributed by atoms with Gasteiger partial charge >= 0.3 is 0 Å². The number of piperidine rings is 1. The summed E-state index contributed by atoms with van der Waals surface area (Å²) in [6, 6.07) is 0. The Hall–Kier alpha value is -2.03. The van der Waals surface area contributed by atoms with E-state index >= 15 is 0 Å². The highest BCUT2D eigenvalue weighted by molar-refractivity contribution is 5.76. The average Bonchev–Trinajstić information content (AvgIpc) is 3.01. The van der Waals surface area contributed by atoms with Gasteiger partial charge in [-0.15, -0.1) is 5.10 Å². The summed E-state index contributed by atoms with van der Waals surface area (Å²) in [5.41, 5.74) is -0.319. The maximum absolute atomic E-state index is 12.4. The molecule has 120 valence electrons. The minimum Gasteiger partial charge on any atom is -0.371 e. The summed E-state index contributed by atoms with van der Waals surface area (Å²) in [4.78, 5) is 27.4. The van der Waals surface area contributed by atoms with Gasteiger partial charge in [-0.05, 0) is 23.3 Å². The summed E-state index contributed by atoms with van der Waals surface area (Å²) in [5.74, 6) is 0.0845. The molecule has 0 aromatic carbocycles. The number of carbonyl (C=O) groups is 2. The molecule has 0 bridgehead atoms. The molecule has 0 atom stereocenters. The fourth-order valence-corrected chi connectivity index (χ4v) is 3.08. The van der Waals surface area contributed by atoms with Gasteiger partial charge in [0, 0.05) is 33.1 Å². The number of nitrogens with zero attached hydrogens (tertiary/aromatic N) is 6. The standard InChI is InChI=1S/C13H20N6O3/c1-11(20)17-4-2-13(3-5-17)9-18(6-7-22-13)12(21)8-19-10-14-15-16-19/h10H,2-9H2,1H3. The lowest BCUT2D eigenvalue weighted by molar-refractivity contribution is -0.163. The van der Waals surface area contributed by atoms with Crippen molar-refractivity contribution in [3.05, 3.63) is 6.33 Å². The van der Waals surface area contributed by atoms with E-state index in [9.17, 15) is 9.59 Å². The summed E-state index contributed by atoms with van der Waals surface area (Å²) in [7, 11) is 0. The Bertz CT molecular complexity index is 538. The second-order valence-corrected chi connectivity index (χ2v) is 5.86. The fourth-order valence-electron chi connectivity index (χ4n) is 3.08. The van der Waals surface area contributed by atoms with Crippen LogP contribution in [0, 0.1) is 0 Å². The largest absolute Gasteiger partial charge is 0.371 e. The van der Waals surface area contributed by atoms with Crippen molar-refractivity contribution < 1.29 is 14.3 Å². The molecule has 0 aliphatic carbocycles. The molecule has 0 saturated carbocycles. The van der Waals surface area contributed by atoms with Crippen molar-refractivity contribution in [1.29, 1.82) is 0 Å². The third-order valence-corrected chi connectivity index (χ3v) is 4.41. The van der Waals surface area contributed by atoms with E-state index < -0.39 is 0 Å². The number of morpholine rings is 1. The second kappa shape index (κ2) is 5.99. The first-order chi connectivity index (χ1) is 10.6. The van der Waals surface area contributed by atoms with Crippen LogP contribution in [0.2, 0.25) is 0 Å². The second-order valence-electron chi connectivity index (χ2n) is 5.86. The maximum atomic E-state index is 12.4. The van der Waals surface area contributed by atoms with Crippen molar-refractivity contribution in [1.82, 2.24) is 30.0 Å². The monoisotopic (exact) mass is 308 g/mol. The molecule has 3 rings (SSSR count). The molecule has 1 aromatic heterocycles. The van der Waals surface area contributed by atoms with Crippen molar-refractivity contribution in [2.45, 2.75) is 31.9 Å². The smallest absolute Gasteiger partial charge is 0.244 e. The number of ether oxygens (including phenoxy) is 1. The number of rotatable bonds is 2. The molecule has 0 radical (unpaired) electrons. The van der Waals surface area contributed by atoms with Crippen molar-refractivity contribution in [2.24, 2.45) is 0 Å². The van der Waals surface area contributed by atoms with Gasteiger partial charge in [-0.25, -0.2) is 4.68 Å². The zero-order chi connectivity index (χ0) is 15.6. The molecule has 1 aromatic rings. The molecule has 3 heterocycles. The predicted molar refractivity (Wildman–Crippen MR) is 74.6 cm³/mol. The molecule has 9 heteroatoms.